The molecule has 5 atom stereocenters. The minimum absolute atomic E-state index is 0.0930. The molecular weight excluding hydrogens is 344 g/mol. The molecule has 0 saturated carbocycles. The number of aliphatic hydroxyl groups is 2. The molecule has 0 aliphatic heterocycles. The summed E-state index contributed by atoms with van der Waals surface area (Å²) in [4.78, 5) is 12.1. The second-order valence-corrected chi connectivity index (χ2v) is 8.60. The van der Waals surface area contributed by atoms with Crippen LogP contribution in [0, 0.1) is 23.2 Å². The summed E-state index contributed by atoms with van der Waals surface area (Å²) in [5.74, 6) is -0.838. The molecule has 0 spiro atoms. The Morgan fingerprint density at radius 2 is 1.67 bits per heavy atom. The van der Waals surface area contributed by atoms with Crippen molar-refractivity contribution in [2.45, 2.75) is 60.4 Å². The van der Waals surface area contributed by atoms with Crippen molar-refractivity contribution < 1.29 is 24.5 Å². The summed E-state index contributed by atoms with van der Waals surface area (Å²) in [5, 5.41) is 19.9. The van der Waals surface area contributed by atoms with Gasteiger partial charge in [-0.25, -0.2) is 0 Å². The summed E-state index contributed by atoms with van der Waals surface area (Å²) >= 11 is 0. The fourth-order valence-corrected chi connectivity index (χ4v) is 2.94. The Balaban J connectivity index is 2.83. The van der Waals surface area contributed by atoms with Crippen molar-refractivity contribution >= 4 is 5.97 Å². The molecule has 0 heterocycles. The van der Waals surface area contributed by atoms with E-state index in [9.17, 15) is 15.0 Å². The van der Waals surface area contributed by atoms with E-state index in [1.165, 1.54) is 0 Å². The van der Waals surface area contributed by atoms with Gasteiger partial charge in [-0.1, -0.05) is 51.1 Å². The highest BCUT2D eigenvalue weighted by Gasteiger charge is 2.33. The van der Waals surface area contributed by atoms with E-state index in [0.717, 1.165) is 5.56 Å². The number of carbonyl (C=O) groups excluding carboxylic acids is 1. The zero-order chi connectivity index (χ0) is 20.6. The van der Waals surface area contributed by atoms with Gasteiger partial charge in [-0.05, 0) is 26.3 Å². The van der Waals surface area contributed by atoms with Crippen LogP contribution in [0.5, 0.6) is 0 Å². The Kier molecular flexibility index (Phi) is 9.43. The highest BCUT2D eigenvalue weighted by molar-refractivity contribution is 5.75. The average molecular weight is 381 g/mol. The second kappa shape index (κ2) is 10.8. The van der Waals surface area contributed by atoms with Crippen molar-refractivity contribution in [3.63, 3.8) is 0 Å². The monoisotopic (exact) mass is 380 g/mol. The lowest BCUT2D eigenvalue weighted by molar-refractivity contribution is -0.157. The molecule has 5 heteroatoms. The maximum absolute atomic E-state index is 12.1. The topological polar surface area (TPSA) is 76.0 Å². The van der Waals surface area contributed by atoms with E-state index in [1.807, 2.05) is 65.0 Å². The fourth-order valence-electron chi connectivity index (χ4n) is 2.94. The molecule has 1 rings (SSSR count). The number of hydrogen-bond donors (Lipinski definition) is 2. The molecule has 0 bridgehead atoms. The van der Waals surface area contributed by atoms with E-state index in [1.54, 1.807) is 6.92 Å². The van der Waals surface area contributed by atoms with E-state index in [0.29, 0.717) is 6.61 Å². The number of carbonyl (C=O) groups is 1. The van der Waals surface area contributed by atoms with Gasteiger partial charge in [0.15, 0.2) is 0 Å². The summed E-state index contributed by atoms with van der Waals surface area (Å²) in [5.41, 5.74) is 0.481. The molecule has 0 saturated heterocycles. The fraction of sp³-hybridized carbons (Fsp3) is 0.682. The van der Waals surface area contributed by atoms with E-state index in [-0.39, 0.29) is 43.0 Å². The maximum atomic E-state index is 12.1. The first-order valence-electron chi connectivity index (χ1n) is 9.69. The SMILES string of the molecule is C[C@H]([C@@H](O)[C@@H](C)CO)[C@@H](OCc1ccccc1)[C@@H](C)COC(=O)C(C)(C)C. The summed E-state index contributed by atoms with van der Waals surface area (Å²) in [6, 6.07) is 9.82. The normalized spacial score (nSPS) is 17.6. The summed E-state index contributed by atoms with van der Waals surface area (Å²) in [7, 11) is 0. The van der Waals surface area contributed by atoms with Crippen molar-refractivity contribution in [1.29, 1.82) is 0 Å². The molecule has 5 nitrogen and oxygen atoms in total. The number of hydrogen-bond acceptors (Lipinski definition) is 5. The molecule has 0 aliphatic carbocycles. The van der Waals surface area contributed by atoms with Crippen LogP contribution >= 0.6 is 0 Å². The highest BCUT2D eigenvalue weighted by Crippen LogP contribution is 2.26. The lowest BCUT2D eigenvalue weighted by Gasteiger charge is -2.34. The van der Waals surface area contributed by atoms with E-state index >= 15 is 0 Å². The standard InChI is InChI=1S/C22H36O5/c1-15(12-23)19(24)17(3)20(26-14-18-10-8-7-9-11-18)16(2)13-27-21(25)22(4,5)6/h7-11,15-17,19-20,23-24H,12-14H2,1-6H3/t15-,16-,17+,19-,20-/m0/s1. The summed E-state index contributed by atoms with van der Waals surface area (Å²) in [6.07, 6.45) is -1.03. The second-order valence-electron chi connectivity index (χ2n) is 8.60. The minimum Gasteiger partial charge on any atom is -0.465 e. The lowest BCUT2D eigenvalue weighted by Crippen LogP contribution is -2.42. The first kappa shape index (κ1) is 23.6. The van der Waals surface area contributed by atoms with Gasteiger partial charge < -0.3 is 19.7 Å². The van der Waals surface area contributed by atoms with Gasteiger partial charge in [0.05, 0.1) is 30.8 Å². The van der Waals surface area contributed by atoms with Crippen LogP contribution in [0.3, 0.4) is 0 Å². The van der Waals surface area contributed by atoms with Gasteiger partial charge in [0.25, 0.3) is 0 Å². The molecule has 0 unspecified atom stereocenters. The third kappa shape index (κ3) is 7.60. The first-order chi connectivity index (χ1) is 12.6. The van der Waals surface area contributed by atoms with E-state index in [4.69, 9.17) is 9.47 Å². The summed E-state index contributed by atoms with van der Waals surface area (Å²) in [6.45, 7) is 11.7. The summed E-state index contributed by atoms with van der Waals surface area (Å²) < 4.78 is 11.6. The van der Waals surface area contributed by atoms with Crippen LogP contribution in [-0.4, -0.2) is 41.6 Å². The molecule has 154 valence electrons. The van der Waals surface area contributed by atoms with Gasteiger partial charge in [-0.3, -0.25) is 4.79 Å². The predicted octanol–water partition coefficient (Wildman–Crippen LogP) is 3.42. The molecule has 2 N–H and O–H groups in total. The van der Waals surface area contributed by atoms with Crippen LogP contribution in [0.25, 0.3) is 0 Å². The zero-order valence-corrected chi connectivity index (χ0v) is 17.5. The van der Waals surface area contributed by atoms with Crippen LogP contribution in [-0.2, 0) is 20.9 Å². The first-order valence-corrected chi connectivity index (χ1v) is 9.69. The Labute approximate surface area is 163 Å². The zero-order valence-electron chi connectivity index (χ0n) is 17.5. The largest absolute Gasteiger partial charge is 0.465 e. The molecule has 1 aromatic rings. The predicted molar refractivity (Wildman–Crippen MR) is 106 cm³/mol. The lowest BCUT2D eigenvalue weighted by atomic mass is 9.84. The van der Waals surface area contributed by atoms with E-state index < -0.39 is 11.5 Å². The minimum atomic E-state index is -0.712. The Hall–Kier alpha value is -1.43. The van der Waals surface area contributed by atoms with Crippen molar-refractivity contribution in [3.05, 3.63) is 35.9 Å². The molecule has 0 amide bonds. The smallest absolute Gasteiger partial charge is 0.311 e. The number of rotatable bonds is 10. The van der Waals surface area contributed by atoms with Crippen molar-refractivity contribution in [1.82, 2.24) is 0 Å². The van der Waals surface area contributed by atoms with Gasteiger partial charge in [0.2, 0.25) is 0 Å². The van der Waals surface area contributed by atoms with Crippen molar-refractivity contribution in [2.24, 2.45) is 23.2 Å². The highest BCUT2D eigenvalue weighted by atomic mass is 16.5. The molecule has 0 aromatic heterocycles. The molecule has 0 radical (unpaired) electrons. The number of aliphatic hydroxyl groups excluding tert-OH is 2. The molecule has 27 heavy (non-hydrogen) atoms. The van der Waals surface area contributed by atoms with E-state index in [2.05, 4.69) is 0 Å². The number of ether oxygens (including phenoxy) is 2. The molecular formula is C22H36O5. The van der Waals surface area contributed by atoms with Gasteiger partial charge >= 0.3 is 5.97 Å². The Morgan fingerprint density at radius 1 is 1.07 bits per heavy atom. The Morgan fingerprint density at radius 3 is 2.19 bits per heavy atom. The van der Waals surface area contributed by atoms with Crippen LogP contribution < -0.4 is 0 Å². The third-order valence-corrected chi connectivity index (χ3v) is 4.86. The van der Waals surface area contributed by atoms with Gasteiger partial charge in [0.1, 0.15) is 0 Å². The number of benzene rings is 1. The Bertz CT molecular complexity index is 552. The van der Waals surface area contributed by atoms with Crippen LogP contribution in [0.2, 0.25) is 0 Å². The molecule has 0 fully saturated rings. The van der Waals surface area contributed by atoms with Crippen molar-refractivity contribution in [2.75, 3.05) is 13.2 Å². The van der Waals surface area contributed by atoms with Crippen LogP contribution in [0.4, 0.5) is 0 Å². The third-order valence-electron chi connectivity index (χ3n) is 4.86. The van der Waals surface area contributed by atoms with Crippen molar-refractivity contribution in [3.8, 4) is 0 Å². The molecule has 0 aliphatic rings. The quantitative estimate of drug-likeness (QED) is 0.608. The van der Waals surface area contributed by atoms with Gasteiger partial charge in [-0.2, -0.15) is 0 Å². The maximum Gasteiger partial charge on any atom is 0.311 e. The average Bonchev–Trinajstić information content (AvgIpc) is 2.64. The molecule has 1 aromatic carbocycles. The number of esters is 1. The van der Waals surface area contributed by atoms with Crippen LogP contribution in [0.15, 0.2) is 30.3 Å². The van der Waals surface area contributed by atoms with Gasteiger partial charge in [-0.15, -0.1) is 0 Å². The van der Waals surface area contributed by atoms with Gasteiger partial charge in [0, 0.05) is 24.4 Å². The van der Waals surface area contributed by atoms with Crippen LogP contribution in [0.1, 0.15) is 47.1 Å².